The third kappa shape index (κ3) is 19.8. The van der Waals surface area contributed by atoms with Crippen molar-refractivity contribution in [3.05, 3.63) is 94.6 Å². The van der Waals surface area contributed by atoms with Crippen molar-refractivity contribution in [2.45, 2.75) is 70.6 Å². The molecule has 12 nitrogen and oxygen atoms in total. The standard InChI is InChI=1S/C23H30N2O9.C15H18F2O/c1-3-4-5-6-9-21(26)24-17-23(28)34-19-12-10-18(16-20(19)31-2)11-13-22(27)32-14-7-8-15-33-25(29)30;16-15(17,11-10-13-6-4-5-7-13)12-18-14-8-2-1-3-9-14/h3-4,10-13,16H,5-9,14-15,17H2,1-2H3,(H,24,26);1-3,8-11,13H,4-7,12H2/b4-3-,13-11+;11-10+. The van der Waals surface area contributed by atoms with Gasteiger partial charge >= 0.3 is 11.9 Å². The first-order valence-electron chi connectivity index (χ1n) is 17.1. The monoisotopic (exact) mass is 730 g/mol. The van der Waals surface area contributed by atoms with E-state index in [1.807, 2.05) is 25.1 Å². The van der Waals surface area contributed by atoms with Crippen LogP contribution >= 0.6 is 0 Å². The predicted molar refractivity (Wildman–Crippen MR) is 190 cm³/mol. The maximum atomic E-state index is 13.6. The lowest BCUT2D eigenvalue weighted by Crippen LogP contribution is -2.31. The Bertz CT molecular complexity index is 1480. The van der Waals surface area contributed by atoms with Crippen LogP contribution in [0.2, 0.25) is 0 Å². The first kappa shape index (κ1) is 42.9. The van der Waals surface area contributed by atoms with Crippen LogP contribution in [0.1, 0.15) is 70.3 Å². The summed E-state index contributed by atoms with van der Waals surface area (Å²) in [5.41, 5.74) is 0.599. The zero-order chi connectivity index (χ0) is 38.0. The number of alkyl halides is 2. The number of nitrogens with zero attached hydrogens (tertiary/aromatic N) is 1. The lowest BCUT2D eigenvalue weighted by molar-refractivity contribution is -0.757. The van der Waals surface area contributed by atoms with Crippen molar-refractivity contribution in [3.8, 4) is 17.2 Å². The van der Waals surface area contributed by atoms with Crippen molar-refractivity contribution < 1.29 is 52.0 Å². The molecule has 0 aromatic heterocycles. The Balaban J connectivity index is 0.000000432. The molecule has 1 fully saturated rings. The molecule has 2 aromatic rings. The number of carbonyl (C=O) groups is 3. The third-order valence-electron chi connectivity index (χ3n) is 7.43. The van der Waals surface area contributed by atoms with Crippen LogP contribution in [0.4, 0.5) is 8.78 Å². The fraction of sp³-hybridized carbons (Fsp3) is 0.447. The summed E-state index contributed by atoms with van der Waals surface area (Å²) >= 11 is 0. The van der Waals surface area contributed by atoms with Crippen LogP contribution in [0, 0.1) is 16.0 Å². The molecule has 0 saturated heterocycles. The number of benzene rings is 2. The topological polar surface area (TPSA) is 153 Å². The van der Waals surface area contributed by atoms with Gasteiger partial charge in [-0.25, -0.2) is 9.59 Å². The van der Waals surface area contributed by atoms with Crippen LogP contribution in [-0.2, 0) is 24.0 Å². The lowest BCUT2D eigenvalue weighted by atomic mass is 10.1. The molecule has 0 heterocycles. The van der Waals surface area contributed by atoms with Crippen molar-refractivity contribution >= 4 is 23.9 Å². The van der Waals surface area contributed by atoms with E-state index in [9.17, 15) is 33.3 Å². The molecule has 1 saturated carbocycles. The Morgan fingerprint density at radius 2 is 1.75 bits per heavy atom. The number of allylic oxidation sites excluding steroid dienone is 3. The van der Waals surface area contributed by atoms with Gasteiger partial charge in [-0.15, -0.1) is 10.1 Å². The molecule has 1 aliphatic rings. The van der Waals surface area contributed by atoms with E-state index in [1.165, 1.54) is 25.3 Å². The molecule has 0 bridgehead atoms. The van der Waals surface area contributed by atoms with Crippen LogP contribution in [0.5, 0.6) is 17.2 Å². The third-order valence-corrected chi connectivity index (χ3v) is 7.43. The summed E-state index contributed by atoms with van der Waals surface area (Å²) in [6.07, 6.45) is 16.3. The smallest absolute Gasteiger partial charge is 0.330 e. The highest BCUT2D eigenvalue weighted by atomic mass is 19.3. The lowest BCUT2D eigenvalue weighted by Gasteiger charge is -2.14. The number of hydrogen-bond acceptors (Lipinski definition) is 10. The van der Waals surface area contributed by atoms with Gasteiger partial charge in [0.1, 0.15) is 12.3 Å². The molecule has 3 rings (SSSR count). The highest BCUT2D eigenvalue weighted by molar-refractivity contribution is 5.87. The van der Waals surface area contributed by atoms with Crippen LogP contribution in [-0.4, -0.2) is 62.3 Å². The fourth-order valence-electron chi connectivity index (χ4n) is 4.74. The molecule has 0 unspecified atom stereocenters. The number of unbranched alkanes of at least 4 members (excludes halogenated alkanes) is 2. The highest BCUT2D eigenvalue weighted by Crippen LogP contribution is 2.29. The Kier molecular flexibility index (Phi) is 20.5. The van der Waals surface area contributed by atoms with Crippen LogP contribution in [0.3, 0.4) is 0 Å². The number of amides is 1. The predicted octanol–water partition coefficient (Wildman–Crippen LogP) is 7.46. The SMILES string of the molecule is C/C=C\CCCC(=O)NCC(=O)Oc1ccc(/C=C/C(=O)OCCCCO[N+](=O)[O-])cc1OC.FC(F)(/C=C/C1CCCC1)COc1ccccc1. The fourth-order valence-corrected chi connectivity index (χ4v) is 4.74. The average Bonchev–Trinajstić information content (AvgIpc) is 3.67. The summed E-state index contributed by atoms with van der Waals surface area (Å²) in [4.78, 5) is 49.7. The maximum Gasteiger partial charge on any atom is 0.330 e. The molecular formula is C38H48F2N2O10. The molecular weight excluding hydrogens is 682 g/mol. The second kappa shape index (κ2) is 24.8. The Morgan fingerprint density at radius 3 is 2.44 bits per heavy atom. The van der Waals surface area contributed by atoms with Gasteiger partial charge < -0.3 is 29.1 Å². The Morgan fingerprint density at radius 1 is 1.02 bits per heavy atom. The minimum atomic E-state index is -2.89. The maximum absolute atomic E-state index is 13.6. The summed E-state index contributed by atoms with van der Waals surface area (Å²) in [7, 11) is 1.41. The van der Waals surface area contributed by atoms with E-state index in [4.69, 9.17) is 18.9 Å². The van der Waals surface area contributed by atoms with Crippen molar-refractivity contribution in [2.75, 3.05) is 33.5 Å². The van der Waals surface area contributed by atoms with Gasteiger partial charge in [-0.05, 0) is 93.3 Å². The van der Waals surface area contributed by atoms with Gasteiger partial charge in [0.05, 0.1) is 20.3 Å². The normalized spacial score (nSPS) is 13.1. The van der Waals surface area contributed by atoms with Crippen molar-refractivity contribution in [1.29, 1.82) is 0 Å². The molecule has 1 aliphatic carbocycles. The van der Waals surface area contributed by atoms with E-state index >= 15 is 0 Å². The first-order chi connectivity index (χ1) is 25.0. The summed E-state index contributed by atoms with van der Waals surface area (Å²) in [5, 5.41) is 11.7. The summed E-state index contributed by atoms with van der Waals surface area (Å²) < 4.78 is 47.7. The van der Waals surface area contributed by atoms with Gasteiger partial charge in [0.25, 0.3) is 11.0 Å². The molecule has 52 heavy (non-hydrogen) atoms. The second-order valence-electron chi connectivity index (χ2n) is 11.7. The van der Waals surface area contributed by atoms with Crippen LogP contribution in [0.15, 0.2) is 78.9 Å². The number of esters is 2. The molecule has 0 spiro atoms. The molecule has 0 atom stereocenters. The molecule has 14 heteroatoms. The van der Waals surface area contributed by atoms with Crippen LogP contribution in [0.25, 0.3) is 6.08 Å². The largest absolute Gasteiger partial charge is 0.493 e. The molecule has 1 amide bonds. The molecule has 284 valence electrons. The number of rotatable bonds is 21. The van der Waals surface area contributed by atoms with E-state index in [1.54, 1.807) is 42.5 Å². The van der Waals surface area contributed by atoms with E-state index < -0.39 is 29.6 Å². The highest BCUT2D eigenvalue weighted by Gasteiger charge is 2.27. The number of nitrogens with one attached hydrogen (secondary N) is 1. The van der Waals surface area contributed by atoms with E-state index in [2.05, 4.69) is 10.2 Å². The average molecular weight is 731 g/mol. The molecule has 0 radical (unpaired) electrons. The first-order valence-corrected chi connectivity index (χ1v) is 17.1. The minimum absolute atomic E-state index is 0.0552. The minimum Gasteiger partial charge on any atom is -0.493 e. The van der Waals surface area contributed by atoms with Crippen molar-refractivity contribution in [3.63, 3.8) is 0 Å². The number of hydrogen-bond donors (Lipinski definition) is 1. The Hall–Kier alpha value is -5.27. The van der Waals surface area contributed by atoms with Gasteiger partial charge in [-0.2, -0.15) is 8.78 Å². The van der Waals surface area contributed by atoms with E-state index in [-0.39, 0.29) is 37.2 Å². The van der Waals surface area contributed by atoms with Crippen molar-refractivity contribution in [1.82, 2.24) is 5.32 Å². The van der Waals surface area contributed by atoms with Gasteiger partial charge in [-0.3, -0.25) is 4.79 Å². The number of halogens is 2. The number of carbonyl (C=O) groups excluding carboxylic acids is 3. The van der Waals surface area contributed by atoms with E-state index in [0.29, 0.717) is 42.9 Å². The summed E-state index contributed by atoms with van der Waals surface area (Å²) in [6, 6.07) is 13.4. The van der Waals surface area contributed by atoms with Gasteiger partial charge in [0, 0.05) is 12.5 Å². The number of para-hydroxylation sites is 1. The molecule has 1 N–H and O–H groups in total. The van der Waals surface area contributed by atoms with Crippen LogP contribution < -0.4 is 19.5 Å². The van der Waals surface area contributed by atoms with E-state index in [0.717, 1.165) is 38.2 Å². The molecule has 0 aliphatic heterocycles. The summed E-state index contributed by atoms with van der Waals surface area (Å²) in [6.45, 7) is 1.10. The van der Waals surface area contributed by atoms with Crippen molar-refractivity contribution in [2.24, 2.45) is 5.92 Å². The van der Waals surface area contributed by atoms with Gasteiger partial charge in [0.15, 0.2) is 18.1 Å². The van der Waals surface area contributed by atoms with Gasteiger partial charge in [-0.1, -0.05) is 55.3 Å². The zero-order valence-corrected chi connectivity index (χ0v) is 29.6. The Labute approximate surface area is 302 Å². The van der Waals surface area contributed by atoms with Gasteiger partial charge in [0.2, 0.25) is 5.91 Å². The quantitative estimate of drug-likeness (QED) is 0.0261. The zero-order valence-electron chi connectivity index (χ0n) is 29.6. The number of methoxy groups -OCH3 is 1. The number of ether oxygens (including phenoxy) is 4. The second-order valence-corrected chi connectivity index (χ2v) is 11.7. The molecule has 2 aromatic carbocycles. The summed E-state index contributed by atoms with van der Waals surface area (Å²) in [5.74, 6) is -3.09.